The smallest absolute Gasteiger partial charge is 0.232 e. The molecule has 0 radical (unpaired) electrons. The Morgan fingerprint density at radius 3 is 2.85 bits per heavy atom. The summed E-state index contributed by atoms with van der Waals surface area (Å²) in [7, 11) is 0. The summed E-state index contributed by atoms with van der Waals surface area (Å²) in [5, 5.41) is 7.19. The molecule has 2 rings (SSSR count). The lowest BCUT2D eigenvalue weighted by Crippen LogP contribution is -2.46. The maximum Gasteiger partial charge on any atom is 0.232 e. The number of hydrogen-bond acceptors (Lipinski definition) is 4. The number of aromatic nitrogens is 2. The minimum Gasteiger partial charge on any atom is -0.381 e. The molecule has 6 heteroatoms. The summed E-state index contributed by atoms with van der Waals surface area (Å²) in [5.41, 5.74) is 6.06. The summed E-state index contributed by atoms with van der Waals surface area (Å²) in [4.78, 5) is 12.5. The number of carbonyl (C=O) groups is 1. The fraction of sp³-hybridized carbons (Fsp3) is 0.714. The highest BCUT2D eigenvalue weighted by molar-refractivity contribution is 5.95. The van der Waals surface area contributed by atoms with Crippen LogP contribution >= 0.6 is 0 Å². The van der Waals surface area contributed by atoms with Gasteiger partial charge < -0.3 is 15.8 Å². The minimum absolute atomic E-state index is 0.0209. The predicted molar refractivity (Wildman–Crippen MR) is 77.2 cm³/mol. The molecule has 1 saturated heterocycles. The fourth-order valence-electron chi connectivity index (χ4n) is 2.45. The Hall–Kier alpha value is -1.40. The number of nitrogens with zero attached hydrogens (tertiary/aromatic N) is 2. The highest BCUT2D eigenvalue weighted by atomic mass is 16.5. The Kier molecular flexibility index (Phi) is 4.77. The molecule has 0 aromatic carbocycles. The molecule has 112 valence electrons. The first kappa shape index (κ1) is 15.0. The predicted octanol–water partition coefficient (Wildman–Crippen LogP) is 1.23. The van der Waals surface area contributed by atoms with E-state index in [0.29, 0.717) is 38.5 Å². The van der Waals surface area contributed by atoms with E-state index in [1.807, 2.05) is 10.9 Å². The normalized spacial score (nSPS) is 18.2. The molecule has 3 N–H and O–H groups in total. The average Bonchev–Trinajstić information content (AvgIpc) is 2.85. The third-order valence-corrected chi connectivity index (χ3v) is 3.77. The maximum atomic E-state index is 12.5. The monoisotopic (exact) mass is 280 g/mol. The van der Waals surface area contributed by atoms with Crippen molar-refractivity contribution in [3.05, 3.63) is 12.4 Å². The zero-order valence-electron chi connectivity index (χ0n) is 12.3. The van der Waals surface area contributed by atoms with Gasteiger partial charge in [0.15, 0.2) is 0 Å². The molecule has 20 heavy (non-hydrogen) atoms. The van der Waals surface area contributed by atoms with Crippen LogP contribution in [0.1, 0.15) is 26.7 Å². The summed E-state index contributed by atoms with van der Waals surface area (Å²) >= 11 is 0. The molecule has 2 heterocycles. The van der Waals surface area contributed by atoms with E-state index < -0.39 is 5.41 Å². The molecule has 1 amide bonds. The summed E-state index contributed by atoms with van der Waals surface area (Å²) in [6.45, 7) is 6.64. The van der Waals surface area contributed by atoms with Gasteiger partial charge in [0.05, 0.1) is 17.3 Å². The molecule has 1 aliphatic heterocycles. The molecule has 0 saturated carbocycles. The quantitative estimate of drug-likeness (QED) is 0.850. The van der Waals surface area contributed by atoms with Gasteiger partial charge in [-0.15, -0.1) is 0 Å². The number of rotatable bonds is 5. The lowest BCUT2D eigenvalue weighted by atomic mass is 9.79. The van der Waals surface area contributed by atoms with Crippen LogP contribution in [0.25, 0.3) is 0 Å². The van der Waals surface area contributed by atoms with Gasteiger partial charge in [0.2, 0.25) is 5.91 Å². The number of ether oxygens (including phenoxy) is 1. The standard InChI is InChI=1S/C14H24N4O2/c1-11(2)8-18-9-12(7-16-18)17-13(19)14(10-15)3-5-20-6-4-14/h7,9,11H,3-6,8,10,15H2,1-2H3,(H,17,19). The number of nitrogens with one attached hydrogen (secondary N) is 1. The summed E-state index contributed by atoms with van der Waals surface area (Å²) < 4.78 is 7.17. The van der Waals surface area contributed by atoms with E-state index in [-0.39, 0.29) is 5.91 Å². The number of nitrogens with two attached hydrogens (primary N) is 1. The van der Waals surface area contributed by atoms with Gasteiger partial charge in [-0.1, -0.05) is 13.8 Å². The second kappa shape index (κ2) is 6.37. The molecular weight excluding hydrogens is 256 g/mol. The Labute approximate surface area is 119 Å². The number of hydrogen-bond donors (Lipinski definition) is 2. The third kappa shape index (κ3) is 3.37. The van der Waals surface area contributed by atoms with Crippen LogP contribution in [0.2, 0.25) is 0 Å². The van der Waals surface area contributed by atoms with E-state index in [1.165, 1.54) is 0 Å². The van der Waals surface area contributed by atoms with Gasteiger partial charge in [0.1, 0.15) is 0 Å². The topological polar surface area (TPSA) is 82.2 Å². The zero-order valence-corrected chi connectivity index (χ0v) is 12.3. The van der Waals surface area contributed by atoms with Crippen molar-refractivity contribution in [2.24, 2.45) is 17.1 Å². The van der Waals surface area contributed by atoms with Crippen molar-refractivity contribution in [1.29, 1.82) is 0 Å². The molecule has 0 bridgehead atoms. The van der Waals surface area contributed by atoms with Crippen molar-refractivity contribution >= 4 is 11.6 Å². The maximum absolute atomic E-state index is 12.5. The molecule has 1 aromatic rings. The zero-order chi connectivity index (χ0) is 14.6. The van der Waals surface area contributed by atoms with Crippen LogP contribution in [0.5, 0.6) is 0 Å². The van der Waals surface area contributed by atoms with E-state index in [4.69, 9.17) is 10.5 Å². The van der Waals surface area contributed by atoms with Gasteiger partial charge in [-0.25, -0.2) is 0 Å². The van der Waals surface area contributed by atoms with Crippen LogP contribution in [0.3, 0.4) is 0 Å². The molecule has 1 fully saturated rings. The minimum atomic E-state index is -0.502. The van der Waals surface area contributed by atoms with E-state index in [2.05, 4.69) is 24.3 Å². The van der Waals surface area contributed by atoms with E-state index in [0.717, 1.165) is 12.2 Å². The van der Waals surface area contributed by atoms with Gasteiger partial charge in [0, 0.05) is 32.5 Å². The van der Waals surface area contributed by atoms with Crippen LogP contribution in [-0.2, 0) is 16.1 Å². The number of anilines is 1. The third-order valence-electron chi connectivity index (χ3n) is 3.77. The molecule has 6 nitrogen and oxygen atoms in total. The van der Waals surface area contributed by atoms with Crippen molar-refractivity contribution in [3.8, 4) is 0 Å². The average molecular weight is 280 g/mol. The van der Waals surface area contributed by atoms with Gasteiger partial charge in [-0.05, 0) is 18.8 Å². The Bertz CT molecular complexity index is 450. The van der Waals surface area contributed by atoms with Crippen molar-refractivity contribution in [3.63, 3.8) is 0 Å². The number of amides is 1. The molecule has 1 aromatic heterocycles. The second-order valence-electron chi connectivity index (χ2n) is 5.90. The Morgan fingerprint density at radius 1 is 1.55 bits per heavy atom. The second-order valence-corrected chi connectivity index (χ2v) is 5.90. The fourth-order valence-corrected chi connectivity index (χ4v) is 2.45. The van der Waals surface area contributed by atoms with Crippen LogP contribution < -0.4 is 11.1 Å². The van der Waals surface area contributed by atoms with Crippen LogP contribution in [0.15, 0.2) is 12.4 Å². The highest BCUT2D eigenvalue weighted by Gasteiger charge is 2.38. The largest absolute Gasteiger partial charge is 0.381 e. The summed E-state index contributed by atoms with van der Waals surface area (Å²) in [5.74, 6) is 0.497. The van der Waals surface area contributed by atoms with Crippen LogP contribution in [0, 0.1) is 11.3 Å². The van der Waals surface area contributed by atoms with Gasteiger partial charge >= 0.3 is 0 Å². The first-order chi connectivity index (χ1) is 9.55. The number of carbonyl (C=O) groups excluding carboxylic acids is 1. The summed E-state index contributed by atoms with van der Waals surface area (Å²) in [6, 6.07) is 0. The highest BCUT2D eigenvalue weighted by Crippen LogP contribution is 2.30. The van der Waals surface area contributed by atoms with Gasteiger partial charge in [0.25, 0.3) is 0 Å². The van der Waals surface area contributed by atoms with Crippen LogP contribution in [-0.4, -0.2) is 35.4 Å². The van der Waals surface area contributed by atoms with Crippen molar-refractivity contribution in [1.82, 2.24) is 9.78 Å². The molecule has 0 spiro atoms. The summed E-state index contributed by atoms with van der Waals surface area (Å²) in [6.07, 6.45) is 4.90. The van der Waals surface area contributed by atoms with E-state index in [9.17, 15) is 4.79 Å². The van der Waals surface area contributed by atoms with Crippen molar-refractivity contribution in [2.45, 2.75) is 33.2 Å². The van der Waals surface area contributed by atoms with Crippen LogP contribution in [0.4, 0.5) is 5.69 Å². The van der Waals surface area contributed by atoms with Crippen molar-refractivity contribution in [2.75, 3.05) is 25.1 Å². The lowest BCUT2D eigenvalue weighted by molar-refractivity contribution is -0.130. The first-order valence-corrected chi connectivity index (χ1v) is 7.17. The van der Waals surface area contributed by atoms with Crippen molar-refractivity contribution < 1.29 is 9.53 Å². The lowest BCUT2D eigenvalue weighted by Gasteiger charge is -2.34. The van der Waals surface area contributed by atoms with E-state index >= 15 is 0 Å². The Balaban J connectivity index is 2.01. The molecular formula is C14H24N4O2. The molecule has 1 aliphatic rings. The molecule has 0 aliphatic carbocycles. The first-order valence-electron chi connectivity index (χ1n) is 7.17. The Morgan fingerprint density at radius 2 is 2.25 bits per heavy atom. The van der Waals surface area contributed by atoms with Gasteiger partial charge in [-0.3, -0.25) is 9.48 Å². The van der Waals surface area contributed by atoms with Gasteiger partial charge in [-0.2, -0.15) is 5.10 Å². The van der Waals surface area contributed by atoms with E-state index in [1.54, 1.807) is 6.20 Å². The SMILES string of the molecule is CC(C)Cn1cc(NC(=O)C2(CN)CCOCC2)cn1. The molecule has 0 unspecified atom stereocenters. The molecule has 0 atom stereocenters.